The Morgan fingerprint density at radius 1 is 1.29 bits per heavy atom. The highest BCUT2D eigenvalue weighted by Gasteiger charge is 2.20. The minimum Gasteiger partial charge on any atom is -0.339 e. The van der Waals surface area contributed by atoms with Crippen LogP contribution in [0.15, 0.2) is 21.1 Å². The van der Waals surface area contributed by atoms with Gasteiger partial charge in [-0.05, 0) is 59.9 Å². The fourth-order valence-corrected chi connectivity index (χ4v) is 2.98. The molecule has 2 heterocycles. The molecule has 2 aromatic rings. The van der Waals surface area contributed by atoms with Gasteiger partial charge in [-0.15, -0.1) is 0 Å². The van der Waals surface area contributed by atoms with Gasteiger partial charge in [-0.2, -0.15) is 4.98 Å². The summed E-state index contributed by atoms with van der Waals surface area (Å²) in [7, 11) is 0. The van der Waals surface area contributed by atoms with Crippen LogP contribution in [0.1, 0.15) is 18.7 Å². The van der Waals surface area contributed by atoms with Crippen LogP contribution in [0.2, 0.25) is 0 Å². The Morgan fingerprint density at radius 2 is 2.05 bits per heavy atom. The molecule has 1 N–H and O–H groups in total. The molecule has 21 heavy (non-hydrogen) atoms. The topological polar surface area (TPSA) is 51.0 Å². The van der Waals surface area contributed by atoms with E-state index < -0.39 is 11.6 Å². The molecule has 7 heteroatoms. The van der Waals surface area contributed by atoms with Crippen molar-refractivity contribution in [2.24, 2.45) is 5.92 Å². The van der Waals surface area contributed by atoms with Crippen molar-refractivity contribution in [1.29, 1.82) is 0 Å². The van der Waals surface area contributed by atoms with Gasteiger partial charge < -0.3 is 9.84 Å². The highest BCUT2D eigenvalue weighted by atomic mass is 79.9. The number of aromatic nitrogens is 2. The summed E-state index contributed by atoms with van der Waals surface area (Å²) >= 11 is 3.03. The predicted octanol–water partition coefficient (Wildman–Crippen LogP) is 3.32. The maximum atomic E-state index is 13.5. The molecule has 0 amide bonds. The molecule has 4 nitrogen and oxygen atoms in total. The smallest absolute Gasteiger partial charge is 0.227 e. The second-order valence-corrected chi connectivity index (χ2v) is 5.93. The number of rotatable bonds is 3. The number of halogens is 3. The largest absolute Gasteiger partial charge is 0.339 e. The minimum atomic E-state index is -0.947. The maximum absolute atomic E-state index is 13.5. The molecule has 1 saturated heterocycles. The molecule has 1 aliphatic heterocycles. The second kappa shape index (κ2) is 6.19. The minimum absolute atomic E-state index is 0.0108. The van der Waals surface area contributed by atoms with Crippen molar-refractivity contribution >= 4 is 15.9 Å². The lowest BCUT2D eigenvalue weighted by molar-refractivity contribution is 0.313. The van der Waals surface area contributed by atoms with Gasteiger partial charge in [-0.25, -0.2) is 8.78 Å². The van der Waals surface area contributed by atoms with Gasteiger partial charge in [0.1, 0.15) is 0 Å². The predicted molar refractivity (Wildman–Crippen MR) is 76.6 cm³/mol. The van der Waals surface area contributed by atoms with Crippen LogP contribution in [0.3, 0.4) is 0 Å². The van der Waals surface area contributed by atoms with Crippen molar-refractivity contribution < 1.29 is 13.3 Å². The molecule has 0 atom stereocenters. The average molecular weight is 358 g/mol. The van der Waals surface area contributed by atoms with Crippen LogP contribution in [-0.2, 0) is 6.42 Å². The van der Waals surface area contributed by atoms with Crippen LogP contribution in [0, 0.1) is 17.6 Å². The first-order chi connectivity index (χ1) is 10.1. The summed E-state index contributed by atoms with van der Waals surface area (Å²) in [4.78, 5) is 4.29. The summed E-state index contributed by atoms with van der Waals surface area (Å²) in [5.74, 6) is -0.535. The van der Waals surface area contributed by atoms with E-state index in [2.05, 4.69) is 31.4 Å². The van der Waals surface area contributed by atoms with Gasteiger partial charge in [0, 0.05) is 12.0 Å². The molecule has 0 saturated carbocycles. The first-order valence-corrected chi connectivity index (χ1v) is 7.61. The van der Waals surface area contributed by atoms with E-state index in [9.17, 15) is 8.78 Å². The van der Waals surface area contributed by atoms with Crippen molar-refractivity contribution in [3.63, 3.8) is 0 Å². The standard InChI is InChI=1S/C14H14BrF2N3O/c15-12-9(1-2-10(16)13(12)17)14-19-11(21-20-14)7-8-3-5-18-6-4-8/h1-2,8,18H,3-7H2. The summed E-state index contributed by atoms with van der Waals surface area (Å²) in [5, 5.41) is 7.16. The van der Waals surface area contributed by atoms with Crippen molar-refractivity contribution in [3.8, 4) is 11.4 Å². The van der Waals surface area contributed by atoms with Crippen molar-refractivity contribution in [1.82, 2.24) is 15.5 Å². The molecule has 0 aliphatic carbocycles. The van der Waals surface area contributed by atoms with Crippen LogP contribution in [0.5, 0.6) is 0 Å². The molecular formula is C14H14BrF2N3O. The number of hydrogen-bond donors (Lipinski definition) is 1. The molecule has 0 spiro atoms. The molecule has 112 valence electrons. The number of hydrogen-bond acceptors (Lipinski definition) is 4. The lowest BCUT2D eigenvalue weighted by Crippen LogP contribution is -2.28. The van der Waals surface area contributed by atoms with Crippen LogP contribution >= 0.6 is 15.9 Å². The number of nitrogens with zero attached hydrogens (tertiary/aromatic N) is 2. The van der Waals surface area contributed by atoms with Gasteiger partial charge in [0.2, 0.25) is 11.7 Å². The normalized spacial score (nSPS) is 16.3. The van der Waals surface area contributed by atoms with Crippen LogP contribution in [0.25, 0.3) is 11.4 Å². The number of nitrogens with one attached hydrogen (secondary N) is 1. The van der Waals surface area contributed by atoms with E-state index in [0.717, 1.165) is 38.4 Å². The first-order valence-electron chi connectivity index (χ1n) is 6.82. The molecule has 1 fully saturated rings. The van der Waals surface area contributed by atoms with Gasteiger partial charge >= 0.3 is 0 Å². The average Bonchev–Trinajstić information content (AvgIpc) is 2.94. The zero-order valence-electron chi connectivity index (χ0n) is 11.2. The highest BCUT2D eigenvalue weighted by molar-refractivity contribution is 9.10. The molecule has 3 rings (SSSR count). The Bertz CT molecular complexity index is 641. The van der Waals surface area contributed by atoms with Crippen LogP contribution in [-0.4, -0.2) is 23.2 Å². The Morgan fingerprint density at radius 3 is 2.81 bits per heavy atom. The lowest BCUT2D eigenvalue weighted by atomic mass is 9.95. The SMILES string of the molecule is Fc1ccc(-c2noc(CC3CCNCC3)n2)c(Br)c1F. The lowest BCUT2D eigenvalue weighted by Gasteiger charge is -2.20. The van der Waals surface area contributed by atoms with E-state index in [1.165, 1.54) is 6.07 Å². The Balaban J connectivity index is 1.80. The van der Waals surface area contributed by atoms with E-state index in [-0.39, 0.29) is 10.3 Å². The molecule has 1 aromatic heterocycles. The molecular weight excluding hydrogens is 344 g/mol. The third-order valence-electron chi connectivity index (χ3n) is 3.67. The summed E-state index contributed by atoms with van der Waals surface area (Å²) in [6, 6.07) is 2.49. The molecule has 0 radical (unpaired) electrons. The third kappa shape index (κ3) is 3.13. The van der Waals surface area contributed by atoms with Gasteiger partial charge in [-0.3, -0.25) is 0 Å². The maximum Gasteiger partial charge on any atom is 0.227 e. The summed E-state index contributed by atoms with van der Waals surface area (Å²) in [6.45, 7) is 2.00. The third-order valence-corrected chi connectivity index (χ3v) is 4.44. The summed E-state index contributed by atoms with van der Waals surface area (Å²) in [6.07, 6.45) is 2.87. The fourth-order valence-electron chi connectivity index (χ4n) is 2.48. The van der Waals surface area contributed by atoms with E-state index in [1.807, 2.05) is 0 Å². The molecule has 0 bridgehead atoms. The Labute approximate surface area is 129 Å². The monoisotopic (exact) mass is 357 g/mol. The van der Waals surface area contributed by atoms with Gasteiger partial charge in [0.05, 0.1) is 4.47 Å². The van der Waals surface area contributed by atoms with Crippen molar-refractivity contribution in [2.75, 3.05) is 13.1 Å². The zero-order valence-corrected chi connectivity index (χ0v) is 12.8. The Kier molecular flexibility index (Phi) is 4.30. The number of benzene rings is 1. The van der Waals surface area contributed by atoms with Crippen LogP contribution in [0.4, 0.5) is 8.78 Å². The number of piperidine rings is 1. The second-order valence-electron chi connectivity index (χ2n) is 5.13. The van der Waals surface area contributed by atoms with E-state index >= 15 is 0 Å². The highest BCUT2D eigenvalue weighted by Crippen LogP contribution is 2.30. The van der Waals surface area contributed by atoms with Crippen molar-refractivity contribution in [3.05, 3.63) is 34.1 Å². The first kappa shape index (κ1) is 14.6. The molecule has 0 unspecified atom stereocenters. The summed E-state index contributed by atoms with van der Waals surface area (Å²) < 4.78 is 31.9. The van der Waals surface area contributed by atoms with E-state index in [4.69, 9.17) is 4.52 Å². The van der Waals surface area contributed by atoms with E-state index in [0.29, 0.717) is 17.4 Å². The van der Waals surface area contributed by atoms with Gasteiger partial charge in [0.25, 0.3) is 0 Å². The molecule has 1 aromatic carbocycles. The van der Waals surface area contributed by atoms with Crippen LogP contribution < -0.4 is 5.32 Å². The summed E-state index contributed by atoms with van der Waals surface area (Å²) in [5.41, 5.74) is 0.384. The van der Waals surface area contributed by atoms with Crippen molar-refractivity contribution in [2.45, 2.75) is 19.3 Å². The van der Waals surface area contributed by atoms with Gasteiger partial charge in [-0.1, -0.05) is 5.16 Å². The van der Waals surface area contributed by atoms with E-state index in [1.54, 1.807) is 0 Å². The Hall–Kier alpha value is -1.34. The molecule has 1 aliphatic rings. The van der Waals surface area contributed by atoms with Gasteiger partial charge in [0.15, 0.2) is 11.6 Å². The quantitative estimate of drug-likeness (QED) is 0.856. The fraction of sp³-hybridized carbons (Fsp3) is 0.429. The zero-order chi connectivity index (χ0) is 14.8.